The van der Waals surface area contributed by atoms with Crippen molar-refractivity contribution in [2.45, 2.75) is 25.6 Å². The number of phenolic OH excluding ortho intramolecular Hbond substituents is 1. The summed E-state index contributed by atoms with van der Waals surface area (Å²) in [6.07, 6.45) is 0.918. The van der Waals surface area contributed by atoms with Gasteiger partial charge in [-0.25, -0.2) is 9.07 Å². The van der Waals surface area contributed by atoms with Gasteiger partial charge in [-0.3, -0.25) is 4.90 Å². The van der Waals surface area contributed by atoms with Crippen molar-refractivity contribution in [2.75, 3.05) is 13.7 Å². The summed E-state index contributed by atoms with van der Waals surface area (Å²) in [6, 6.07) is 19.9. The van der Waals surface area contributed by atoms with Gasteiger partial charge in [-0.15, -0.1) is 5.10 Å². The number of aromatic hydroxyl groups is 1. The summed E-state index contributed by atoms with van der Waals surface area (Å²) in [5.41, 5.74) is 4.44. The fourth-order valence-corrected chi connectivity index (χ4v) is 4.41. The lowest BCUT2D eigenvalue weighted by atomic mass is 9.95. The van der Waals surface area contributed by atoms with E-state index in [-0.39, 0.29) is 17.6 Å². The number of benzene rings is 3. The number of methoxy groups -OCH3 is 1. The first-order valence-corrected chi connectivity index (χ1v) is 10.8. The highest BCUT2D eigenvalue weighted by atomic mass is 19.1. The van der Waals surface area contributed by atoms with E-state index in [2.05, 4.69) is 44.7 Å². The van der Waals surface area contributed by atoms with Crippen molar-refractivity contribution in [2.24, 2.45) is 0 Å². The maximum Gasteiger partial charge on any atom is 0.173 e. The normalized spacial score (nSPS) is 14.6. The SMILES string of the molecule is COc1cc([C@@H](c2nnnn2Cc2ccc(F)cc2)N2CCc3ccccc3C2)ccc1O. The monoisotopic (exact) mass is 445 g/mol. The van der Waals surface area contributed by atoms with Crippen molar-refractivity contribution < 1.29 is 14.2 Å². The second kappa shape index (κ2) is 8.99. The molecule has 0 radical (unpaired) electrons. The standard InChI is InChI=1S/C25H24FN5O2/c1-33-23-14-19(8-11-22(23)32)24(30-13-12-18-4-2-3-5-20(18)16-30)25-27-28-29-31(25)15-17-6-9-21(26)10-7-17/h2-11,14,24,32H,12-13,15-16H2,1H3/t24-/m0/s1. The molecule has 8 heteroatoms. The molecule has 1 atom stereocenters. The summed E-state index contributed by atoms with van der Waals surface area (Å²) in [5, 5.41) is 22.7. The average molecular weight is 445 g/mol. The van der Waals surface area contributed by atoms with Gasteiger partial charge in [0.15, 0.2) is 17.3 Å². The van der Waals surface area contributed by atoms with E-state index in [0.29, 0.717) is 18.1 Å². The molecule has 3 aromatic carbocycles. The number of phenols is 1. The molecule has 0 saturated heterocycles. The molecule has 168 valence electrons. The number of hydrogen-bond donors (Lipinski definition) is 1. The Balaban J connectivity index is 1.55. The zero-order valence-electron chi connectivity index (χ0n) is 18.2. The Morgan fingerprint density at radius 2 is 1.85 bits per heavy atom. The van der Waals surface area contributed by atoms with Crippen LogP contribution in [0, 0.1) is 5.82 Å². The van der Waals surface area contributed by atoms with Crippen molar-refractivity contribution in [3.05, 3.63) is 101 Å². The summed E-state index contributed by atoms with van der Waals surface area (Å²) < 4.78 is 20.5. The Kier molecular flexibility index (Phi) is 5.75. The van der Waals surface area contributed by atoms with Gasteiger partial charge >= 0.3 is 0 Å². The summed E-state index contributed by atoms with van der Waals surface area (Å²) in [7, 11) is 1.53. The maximum atomic E-state index is 13.4. The minimum Gasteiger partial charge on any atom is -0.504 e. The predicted octanol–water partition coefficient (Wildman–Crippen LogP) is 3.72. The fourth-order valence-electron chi connectivity index (χ4n) is 4.41. The van der Waals surface area contributed by atoms with Gasteiger partial charge in [0.25, 0.3) is 0 Å². The largest absolute Gasteiger partial charge is 0.504 e. The van der Waals surface area contributed by atoms with Crippen LogP contribution >= 0.6 is 0 Å². The fraction of sp³-hybridized carbons (Fsp3) is 0.240. The topological polar surface area (TPSA) is 76.3 Å². The van der Waals surface area contributed by atoms with Crippen LogP contribution in [0.3, 0.4) is 0 Å². The van der Waals surface area contributed by atoms with Crippen LogP contribution < -0.4 is 4.74 Å². The number of halogens is 1. The molecule has 0 unspecified atom stereocenters. The van der Waals surface area contributed by atoms with Crippen molar-refractivity contribution in [3.63, 3.8) is 0 Å². The first-order valence-electron chi connectivity index (χ1n) is 10.8. The zero-order chi connectivity index (χ0) is 22.8. The first-order chi connectivity index (χ1) is 16.1. The minimum absolute atomic E-state index is 0.0786. The smallest absolute Gasteiger partial charge is 0.173 e. The molecule has 1 aliphatic rings. The molecule has 1 aromatic heterocycles. The van der Waals surface area contributed by atoms with Crippen LogP contribution in [0.4, 0.5) is 4.39 Å². The Bertz CT molecular complexity index is 1260. The highest BCUT2D eigenvalue weighted by Gasteiger charge is 2.31. The molecule has 4 aromatic rings. The molecule has 1 aliphatic heterocycles. The van der Waals surface area contributed by atoms with Crippen LogP contribution in [0.2, 0.25) is 0 Å². The van der Waals surface area contributed by atoms with Gasteiger partial charge in [-0.05, 0) is 63.4 Å². The molecule has 33 heavy (non-hydrogen) atoms. The highest BCUT2D eigenvalue weighted by Crippen LogP contribution is 2.36. The summed E-state index contributed by atoms with van der Waals surface area (Å²) in [4.78, 5) is 2.33. The number of rotatable bonds is 6. The van der Waals surface area contributed by atoms with Gasteiger partial charge in [-0.1, -0.05) is 42.5 Å². The molecular weight excluding hydrogens is 421 g/mol. The number of hydrogen-bond acceptors (Lipinski definition) is 6. The molecule has 1 N–H and O–H groups in total. The first kappa shape index (κ1) is 21.1. The summed E-state index contributed by atoms with van der Waals surface area (Å²) in [6.45, 7) is 1.99. The molecule has 7 nitrogen and oxygen atoms in total. The summed E-state index contributed by atoms with van der Waals surface area (Å²) in [5.74, 6) is 0.866. The molecule has 0 aliphatic carbocycles. The van der Waals surface area contributed by atoms with Crippen LogP contribution in [0.15, 0.2) is 66.7 Å². The molecule has 0 fully saturated rings. The van der Waals surface area contributed by atoms with Gasteiger partial charge in [0.05, 0.1) is 19.7 Å². The van der Waals surface area contributed by atoms with Crippen LogP contribution in [0.1, 0.15) is 34.1 Å². The lowest BCUT2D eigenvalue weighted by molar-refractivity contribution is 0.194. The third-order valence-corrected chi connectivity index (χ3v) is 6.09. The van der Waals surface area contributed by atoms with Gasteiger partial charge < -0.3 is 9.84 Å². The Morgan fingerprint density at radius 1 is 1.06 bits per heavy atom. The zero-order valence-corrected chi connectivity index (χ0v) is 18.2. The quantitative estimate of drug-likeness (QED) is 0.488. The highest BCUT2D eigenvalue weighted by molar-refractivity contribution is 5.44. The molecule has 0 amide bonds. The van der Waals surface area contributed by atoms with Crippen LogP contribution in [-0.4, -0.2) is 43.9 Å². The van der Waals surface area contributed by atoms with E-state index in [1.54, 1.807) is 22.9 Å². The molecule has 0 bridgehead atoms. The van der Waals surface area contributed by atoms with E-state index in [1.165, 1.54) is 30.4 Å². The minimum atomic E-state index is -0.281. The molecule has 5 rings (SSSR count). The lowest BCUT2D eigenvalue weighted by Gasteiger charge is -2.35. The lowest BCUT2D eigenvalue weighted by Crippen LogP contribution is -2.36. The van der Waals surface area contributed by atoms with Crippen LogP contribution in [0.25, 0.3) is 0 Å². The van der Waals surface area contributed by atoms with Gasteiger partial charge in [-0.2, -0.15) is 0 Å². The maximum absolute atomic E-state index is 13.4. The number of aromatic nitrogens is 4. The van der Waals surface area contributed by atoms with Gasteiger partial charge in [0.2, 0.25) is 0 Å². The second-order valence-electron chi connectivity index (χ2n) is 8.14. The molecule has 0 spiro atoms. The summed E-state index contributed by atoms with van der Waals surface area (Å²) >= 11 is 0. The van der Waals surface area contributed by atoms with E-state index in [1.807, 2.05) is 12.1 Å². The van der Waals surface area contributed by atoms with E-state index in [0.717, 1.165) is 30.6 Å². The van der Waals surface area contributed by atoms with Gasteiger partial charge in [0.1, 0.15) is 5.82 Å². The second-order valence-corrected chi connectivity index (χ2v) is 8.14. The Hall–Kier alpha value is -3.78. The molecular formula is C25H24FN5O2. The predicted molar refractivity (Wildman–Crippen MR) is 120 cm³/mol. The van der Waals surface area contributed by atoms with E-state index >= 15 is 0 Å². The van der Waals surface area contributed by atoms with Crippen LogP contribution in [0.5, 0.6) is 11.5 Å². The number of fused-ring (bicyclic) bond motifs is 1. The van der Waals surface area contributed by atoms with Crippen LogP contribution in [-0.2, 0) is 19.5 Å². The van der Waals surface area contributed by atoms with Crippen molar-refractivity contribution in [3.8, 4) is 11.5 Å². The van der Waals surface area contributed by atoms with E-state index in [9.17, 15) is 9.50 Å². The van der Waals surface area contributed by atoms with Crippen molar-refractivity contribution in [1.29, 1.82) is 0 Å². The van der Waals surface area contributed by atoms with Crippen molar-refractivity contribution >= 4 is 0 Å². The molecule has 2 heterocycles. The third kappa shape index (κ3) is 4.29. The Labute approximate surface area is 191 Å². The van der Waals surface area contributed by atoms with Gasteiger partial charge in [0, 0.05) is 13.1 Å². The average Bonchev–Trinajstić information content (AvgIpc) is 3.29. The number of tetrazole rings is 1. The third-order valence-electron chi connectivity index (χ3n) is 6.09. The molecule has 0 saturated carbocycles. The number of nitrogens with zero attached hydrogens (tertiary/aromatic N) is 5. The Morgan fingerprint density at radius 3 is 2.64 bits per heavy atom. The number of ether oxygens (including phenoxy) is 1. The van der Waals surface area contributed by atoms with E-state index < -0.39 is 0 Å². The van der Waals surface area contributed by atoms with Crippen molar-refractivity contribution in [1.82, 2.24) is 25.1 Å². The van der Waals surface area contributed by atoms with E-state index in [4.69, 9.17) is 4.74 Å².